The zero-order valence-corrected chi connectivity index (χ0v) is 13.3. The number of piperidine rings is 1. The summed E-state index contributed by atoms with van der Waals surface area (Å²) in [6, 6.07) is 6.75. The van der Waals surface area contributed by atoms with Gasteiger partial charge in [-0.15, -0.1) is 0 Å². The summed E-state index contributed by atoms with van der Waals surface area (Å²) >= 11 is 12.1. The fraction of sp³-hybridized carbons (Fsp3) is 0.625. The van der Waals surface area contributed by atoms with Crippen LogP contribution in [0.25, 0.3) is 0 Å². The molecule has 1 aromatic rings. The molecule has 0 aromatic heterocycles. The molecule has 1 heterocycles. The van der Waals surface area contributed by atoms with Crippen LogP contribution in [0.4, 0.5) is 0 Å². The normalized spacial score (nSPS) is 20.6. The third kappa shape index (κ3) is 3.88. The first kappa shape index (κ1) is 14.6. The lowest BCUT2D eigenvalue weighted by molar-refractivity contribution is 0.147. The van der Waals surface area contributed by atoms with E-state index in [4.69, 9.17) is 23.2 Å². The van der Waals surface area contributed by atoms with E-state index in [2.05, 4.69) is 16.3 Å². The summed E-state index contributed by atoms with van der Waals surface area (Å²) in [7, 11) is 0. The van der Waals surface area contributed by atoms with Gasteiger partial charge in [0.15, 0.2) is 0 Å². The van der Waals surface area contributed by atoms with Crippen LogP contribution in [0.15, 0.2) is 18.2 Å². The van der Waals surface area contributed by atoms with Crippen molar-refractivity contribution in [2.75, 3.05) is 19.6 Å². The fourth-order valence-electron chi connectivity index (χ4n) is 3.02. The summed E-state index contributed by atoms with van der Waals surface area (Å²) in [5.74, 6) is 0.924. The van der Waals surface area contributed by atoms with E-state index in [1.165, 1.54) is 37.8 Å². The van der Waals surface area contributed by atoms with Crippen molar-refractivity contribution in [2.45, 2.75) is 38.3 Å². The fourth-order valence-corrected chi connectivity index (χ4v) is 3.34. The number of benzene rings is 1. The number of hydrogen-bond acceptors (Lipinski definition) is 2. The SMILES string of the molecule is Clc1ccc(CN(CC2CC2)C2CCNCC2)cc1Cl. The van der Waals surface area contributed by atoms with Crippen LogP contribution < -0.4 is 5.32 Å². The molecule has 0 amide bonds. The molecule has 20 heavy (non-hydrogen) atoms. The molecule has 0 atom stereocenters. The molecular formula is C16H22Cl2N2. The Kier molecular flexibility index (Phi) is 4.87. The summed E-state index contributed by atoms with van der Waals surface area (Å²) in [6.07, 6.45) is 5.33. The van der Waals surface area contributed by atoms with Crippen LogP contribution >= 0.6 is 23.2 Å². The van der Waals surface area contributed by atoms with Gasteiger partial charge in [-0.1, -0.05) is 29.3 Å². The van der Waals surface area contributed by atoms with Crippen molar-refractivity contribution in [3.63, 3.8) is 0 Å². The highest BCUT2D eigenvalue weighted by atomic mass is 35.5. The Morgan fingerprint density at radius 1 is 1.05 bits per heavy atom. The van der Waals surface area contributed by atoms with Crippen LogP contribution in [0, 0.1) is 5.92 Å². The molecular weight excluding hydrogens is 291 g/mol. The summed E-state index contributed by atoms with van der Waals surface area (Å²) in [6.45, 7) is 4.53. The van der Waals surface area contributed by atoms with Gasteiger partial charge in [-0.3, -0.25) is 4.90 Å². The van der Waals surface area contributed by atoms with Gasteiger partial charge in [0.25, 0.3) is 0 Å². The Hall–Kier alpha value is -0.280. The standard InChI is InChI=1S/C16H22Cl2N2/c17-15-4-3-13(9-16(15)18)11-20(10-12-1-2-12)14-5-7-19-8-6-14/h3-4,9,12,14,19H,1-2,5-8,10-11H2. The molecule has 1 saturated carbocycles. The van der Waals surface area contributed by atoms with Crippen LogP contribution in [0.5, 0.6) is 0 Å². The molecule has 0 spiro atoms. The first-order valence-electron chi connectivity index (χ1n) is 7.61. The number of nitrogens with one attached hydrogen (secondary N) is 1. The van der Waals surface area contributed by atoms with Crippen molar-refractivity contribution in [1.82, 2.24) is 10.2 Å². The lowest BCUT2D eigenvalue weighted by atomic mass is 10.0. The van der Waals surface area contributed by atoms with Crippen molar-refractivity contribution < 1.29 is 0 Å². The minimum absolute atomic E-state index is 0.644. The molecule has 2 fully saturated rings. The van der Waals surface area contributed by atoms with E-state index in [0.717, 1.165) is 25.6 Å². The lowest BCUT2D eigenvalue weighted by Gasteiger charge is -2.35. The third-order valence-corrected chi connectivity index (χ3v) is 5.12. The predicted octanol–water partition coefficient (Wildman–Crippen LogP) is 3.96. The van der Waals surface area contributed by atoms with E-state index in [0.29, 0.717) is 16.1 Å². The topological polar surface area (TPSA) is 15.3 Å². The second kappa shape index (κ2) is 6.65. The highest BCUT2D eigenvalue weighted by Crippen LogP contribution is 2.32. The predicted molar refractivity (Wildman–Crippen MR) is 85.5 cm³/mol. The van der Waals surface area contributed by atoms with Crippen LogP contribution in [-0.4, -0.2) is 30.6 Å². The molecule has 0 unspecified atom stereocenters. The van der Waals surface area contributed by atoms with Gasteiger partial charge in [0.2, 0.25) is 0 Å². The van der Waals surface area contributed by atoms with Gasteiger partial charge in [-0.25, -0.2) is 0 Å². The zero-order chi connectivity index (χ0) is 13.9. The largest absolute Gasteiger partial charge is 0.317 e. The molecule has 1 aliphatic heterocycles. The summed E-state index contributed by atoms with van der Waals surface area (Å²) in [4.78, 5) is 2.66. The van der Waals surface area contributed by atoms with Crippen LogP contribution in [0.1, 0.15) is 31.2 Å². The molecule has 4 heteroatoms. The summed E-state index contributed by atoms with van der Waals surface area (Å²) in [5.41, 5.74) is 1.28. The molecule has 3 rings (SSSR count). The maximum absolute atomic E-state index is 6.14. The van der Waals surface area contributed by atoms with Crippen LogP contribution in [0.2, 0.25) is 10.0 Å². The molecule has 2 aliphatic rings. The van der Waals surface area contributed by atoms with Gasteiger partial charge in [0.1, 0.15) is 0 Å². The van der Waals surface area contributed by atoms with Gasteiger partial charge in [0, 0.05) is 19.1 Å². The van der Waals surface area contributed by atoms with E-state index in [9.17, 15) is 0 Å². The smallest absolute Gasteiger partial charge is 0.0595 e. The Morgan fingerprint density at radius 2 is 1.80 bits per heavy atom. The van der Waals surface area contributed by atoms with Crippen molar-refractivity contribution in [3.05, 3.63) is 33.8 Å². The lowest BCUT2D eigenvalue weighted by Crippen LogP contribution is -2.43. The second-order valence-electron chi connectivity index (χ2n) is 6.10. The van der Waals surface area contributed by atoms with Gasteiger partial charge in [-0.05, 0) is 62.4 Å². The summed E-state index contributed by atoms with van der Waals surface area (Å²) in [5, 5.41) is 4.77. The Labute approximate surface area is 131 Å². The molecule has 1 N–H and O–H groups in total. The molecule has 2 nitrogen and oxygen atoms in total. The molecule has 0 bridgehead atoms. The maximum Gasteiger partial charge on any atom is 0.0595 e. The maximum atomic E-state index is 6.14. The van der Waals surface area contributed by atoms with Crippen molar-refractivity contribution in [1.29, 1.82) is 0 Å². The van der Waals surface area contributed by atoms with E-state index in [-0.39, 0.29) is 0 Å². The number of halogens is 2. The van der Waals surface area contributed by atoms with E-state index >= 15 is 0 Å². The van der Waals surface area contributed by atoms with Crippen molar-refractivity contribution in [3.8, 4) is 0 Å². The Bertz CT molecular complexity index is 454. The van der Waals surface area contributed by atoms with Crippen molar-refractivity contribution in [2.24, 2.45) is 5.92 Å². The molecule has 1 saturated heterocycles. The van der Waals surface area contributed by atoms with Crippen molar-refractivity contribution >= 4 is 23.2 Å². The number of hydrogen-bond donors (Lipinski definition) is 1. The number of rotatable bonds is 5. The first-order chi connectivity index (χ1) is 9.72. The van der Waals surface area contributed by atoms with Crippen LogP contribution in [0.3, 0.4) is 0 Å². The molecule has 1 aliphatic carbocycles. The average Bonchev–Trinajstić information content (AvgIpc) is 3.27. The van der Waals surface area contributed by atoms with Gasteiger partial charge in [-0.2, -0.15) is 0 Å². The first-order valence-corrected chi connectivity index (χ1v) is 8.36. The highest BCUT2D eigenvalue weighted by Gasteiger charge is 2.28. The van der Waals surface area contributed by atoms with E-state index in [1.54, 1.807) is 0 Å². The summed E-state index contributed by atoms with van der Waals surface area (Å²) < 4.78 is 0. The van der Waals surface area contributed by atoms with Gasteiger partial charge < -0.3 is 5.32 Å². The van der Waals surface area contributed by atoms with E-state index < -0.39 is 0 Å². The second-order valence-corrected chi connectivity index (χ2v) is 6.92. The average molecular weight is 313 g/mol. The van der Waals surface area contributed by atoms with Gasteiger partial charge in [0.05, 0.1) is 10.0 Å². The molecule has 1 aromatic carbocycles. The minimum atomic E-state index is 0.644. The van der Waals surface area contributed by atoms with Crippen LogP contribution in [-0.2, 0) is 6.54 Å². The Morgan fingerprint density at radius 3 is 2.45 bits per heavy atom. The van der Waals surface area contributed by atoms with E-state index in [1.807, 2.05) is 12.1 Å². The quantitative estimate of drug-likeness (QED) is 0.885. The molecule has 0 radical (unpaired) electrons. The Balaban J connectivity index is 1.68. The monoisotopic (exact) mass is 312 g/mol. The third-order valence-electron chi connectivity index (χ3n) is 4.38. The number of nitrogens with zero attached hydrogens (tertiary/aromatic N) is 1. The zero-order valence-electron chi connectivity index (χ0n) is 11.7. The molecule has 110 valence electrons. The highest BCUT2D eigenvalue weighted by molar-refractivity contribution is 6.42. The van der Waals surface area contributed by atoms with Gasteiger partial charge >= 0.3 is 0 Å². The minimum Gasteiger partial charge on any atom is -0.317 e.